The maximum absolute atomic E-state index is 2.56. The van der Waals surface area contributed by atoms with Gasteiger partial charge in [0.1, 0.15) is 0 Å². The molecule has 13 rings (SSSR count). The molecule has 0 saturated carbocycles. The Bertz CT molecular complexity index is 2670. The number of aryl methyl sites for hydroxylation is 4. The molecule has 8 aromatic rings. The van der Waals surface area contributed by atoms with Crippen LogP contribution in [0.25, 0.3) is 22.3 Å². The van der Waals surface area contributed by atoms with Crippen molar-refractivity contribution in [2.24, 2.45) is 0 Å². The summed E-state index contributed by atoms with van der Waals surface area (Å²) in [5.41, 5.74) is 20.4. The first-order valence-electron chi connectivity index (χ1n) is 20.4. The summed E-state index contributed by atoms with van der Waals surface area (Å²) in [6, 6.07) is 72.0. The average Bonchev–Trinajstić information content (AvgIpc) is 3.49. The predicted molar refractivity (Wildman–Crippen MR) is 240 cm³/mol. The summed E-state index contributed by atoms with van der Waals surface area (Å²) in [6.45, 7) is 4.76. The van der Waals surface area contributed by atoms with Crippen molar-refractivity contribution >= 4 is 34.1 Å². The van der Waals surface area contributed by atoms with E-state index in [-0.39, 0.29) is 5.41 Å². The van der Waals surface area contributed by atoms with Gasteiger partial charge >= 0.3 is 0 Å². The van der Waals surface area contributed by atoms with Gasteiger partial charge in [-0.05, 0) is 130 Å². The number of nitrogens with zero attached hydrogens (tertiary/aromatic N) is 2. The Morgan fingerprint density at radius 3 is 1.49 bits per heavy atom. The molecule has 8 aromatic carbocycles. The molecular formula is C55H46N2. The van der Waals surface area contributed by atoms with Crippen molar-refractivity contribution in [3.05, 3.63) is 228 Å². The molecule has 276 valence electrons. The third kappa shape index (κ3) is 6.32. The van der Waals surface area contributed by atoms with Gasteiger partial charge in [0.2, 0.25) is 0 Å². The molecule has 0 radical (unpaired) electrons. The number of rotatable bonds is 7. The van der Waals surface area contributed by atoms with Gasteiger partial charge in [0.05, 0.1) is 5.69 Å². The molecule has 0 saturated heterocycles. The molecule has 0 aromatic heterocycles. The van der Waals surface area contributed by atoms with Gasteiger partial charge < -0.3 is 9.80 Å². The summed E-state index contributed by atoms with van der Waals surface area (Å²) in [7, 11) is 0. The van der Waals surface area contributed by atoms with Crippen LogP contribution in [0.1, 0.15) is 47.2 Å². The first kappa shape index (κ1) is 34.8. The summed E-state index contributed by atoms with van der Waals surface area (Å²) in [5.74, 6) is 0. The van der Waals surface area contributed by atoms with Crippen molar-refractivity contribution < 1.29 is 0 Å². The number of hydrogen-bond acceptors (Lipinski definition) is 2. The Balaban J connectivity index is 1.11. The Hall–Kier alpha value is -6.64. The van der Waals surface area contributed by atoms with Crippen LogP contribution < -0.4 is 9.80 Å². The van der Waals surface area contributed by atoms with Crippen molar-refractivity contribution in [2.75, 3.05) is 9.80 Å². The van der Waals surface area contributed by atoms with Crippen LogP contribution in [0.2, 0.25) is 0 Å². The van der Waals surface area contributed by atoms with E-state index >= 15 is 0 Å². The van der Waals surface area contributed by atoms with E-state index in [1.165, 1.54) is 89.8 Å². The molecule has 57 heavy (non-hydrogen) atoms. The highest BCUT2D eigenvalue weighted by Gasteiger charge is 2.36. The highest BCUT2D eigenvalue weighted by atomic mass is 15.2. The Labute approximate surface area is 337 Å². The average molecular weight is 735 g/mol. The van der Waals surface area contributed by atoms with Gasteiger partial charge in [-0.15, -0.1) is 0 Å². The highest BCUT2D eigenvalue weighted by Crippen LogP contribution is 2.52. The van der Waals surface area contributed by atoms with E-state index in [9.17, 15) is 0 Å². The largest absolute Gasteiger partial charge is 0.310 e. The summed E-state index contributed by atoms with van der Waals surface area (Å²) in [4.78, 5) is 5.00. The Morgan fingerprint density at radius 1 is 0.351 bits per heavy atom. The van der Waals surface area contributed by atoms with Gasteiger partial charge in [0.25, 0.3) is 0 Å². The molecular weight excluding hydrogens is 689 g/mol. The van der Waals surface area contributed by atoms with E-state index < -0.39 is 0 Å². The second-order valence-electron chi connectivity index (χ2n) is 16.1. The smallest absolute Gasteiger partial charge is 0.0540 e. The second kappa shape index (κ2) is 14.5. The first-order valence-corrected chi connectivity index (χ1v) is 20.4. The van der Waals surface area contributed by atoms with Crippen molar-refractivity contribution in [1.82, 2.24) is 0 Å². The zero-order valence-corrected chi connectivity index (χ0v) is 32.7. The molecule has 5 aliphatic carbocycles. The lowest BCUT2D eigenvalue weighted by atomic mass is 9.82. The number of hydrogen-bond donors (Lipinski definition) is 0. The van der Waals surface area contributed by atoms with Gasteiger partial charge in [-0.25, -0.2) is 0 Å². The van der Waals surface area contributed by atoms with Gasteiger partial charge in [0, 0.05) is 39.4 Å². The number of para-hydroxylation sites is 3. The molecule has 0 amide bonds. The topological polar surface area (TPSA) is 6.48 Å². The minimum absolute atomic E-state index is 0.106. The molecule has 2 nitrogen and oxygen atoms in total. The summed E-state index contributed by atoms with van der Waals surface area (Å²) in [5, 5.41) is 0. The van der Waals surface area contributed by atoms with Crippen LogP contribution in [0, 0.1) is 0 Å². The molecule has 4 bridgehead atoms. The lowest BCUT2D eigenvalue weighted by molar-refractivity contribution is 0.660. The molecule has 0 N–H and O–H groups in total. The van der Waals surface area contributed by atoms with Crippen LogP contribution in [0.5, 0.6) is 0 Å². The molecule has 0 atom stereocenters. The molecule has 0 aliphatic heterocycles. The Morgan fingerprint density at radius 2 is 0.860 bits per heavy atom. The monoisotopic (exact) mass is 734 g/mol. The van der Waals surface area contributed by atoms with Crippen LogP contribution in [0.3, 0.4) is 0 Å². The predicted octanol–water partition coefficient (Wildman–Crippen LogP) is 14.5. The maximum atomic E-state index is 2.56. The van der Waals surface area contributed by atoms with Gasteiger partial charge in [-0.3, -0.25) is 0 Å². The van der Waals surface area contributed by atoms with E-state index in [4.69, 9.17) is 0 Å². The fourth-order valence-electron chi connectivity index (χ4n) is 9.28. The maximum Gasteiger partial charge on any atom is 0.0540 e. The standard InChI is InChI=1S/C55H46N2/c1-55(2)50-24-14-12-23-48(50)49-35-34-46(38-51(49)55)57(52-25-15-13-22-47(52)41-16-6-3-7-17-41)54-37-40-27-31-42-30-26-39(28-32-43(54)33-29-40)36-53(42)56(44-18-8-4-9-19-44)45-20-10-5-11-21-45/h3-26,29-30,33-38H,27-28,31-32H2,1-2H3. The number of fused-ring (bicyclic) bond motifs is 3. The van der Waals surface area contributed by atoms with Crippen molar-refractivity contribution in [1.29, 1.82) is 0 Å². The van der Waals surface area contributed by atoms with Crippen LogP contribution in [-0.4, -0.2) is 0 Å². The molecule has 0 unspecified atom stereocenters. The summed E-state index contributed by atoms with van der Waals surface area (Å²) in [6.07, 6.45) is 3.70. The van der Waals surface area contributed by atoms with Crippen molar-refractivity contribution in [3.63, 3.8) is 0 Å². The normalized spacial score (nSPS) is 13.6. The fraction of sp³-hybridized carbons (Fsp3) is 0.127. The van der Waals surface area contributed by atoms with Crippen LogP contribution >= 0.6 is 0 Å². The highest BCUT2D eigenvalue weighted by molar-refractivity contribution is 5.91. The van der Waals surface area contributed by atoms with Crippen molar-refractivity contribution in [2.45, 2.75) is 44.9 Å². The van der Waals surface area contributed by atoms with Gasteiger partial charge in [-0.2, -0.15) is 0 Å². The number of benzene rings is 8. The second-order valence-corrected chi connectivity index (χ2v) is 16.1. The van der Waals surface area contributed by atoms with E-state index in [0.29, 0.717) is 0 Å². The fourth-order valence-corrected chi connectivity index (χ4v) is 9.28. The van der Waals surface area contributed by atoms with Crippen LogP contribution in [0.4, 0.5) is 34.1 Å². The molecule has 0 spiro atoms. The molecule has 2 heteroatoms. The quantitative estimate of drug-likeness (QED) is 0.161. The minimum atomic E-state index is -0.106. The Kier molecular flexibility index (Phi) is 8.83. The third-order valence-electron chi connectivity index (χ3n) is 12.2. The molecule has 0 heterocycles. The van der Waals surface area contributed by atoms with Crippen LogP contribution in [0.15, 0.2) is 194 Å². The first-order chi connectivity index (χ1) is 28.0. The van der Waals surface area contributed by atoms with E-state index in [0.717, 1.165) is 25.7 Å². The summed E-state index contributed by atoms with van der Waals surface area (Å²) < 4.78 is 0. The van der Waals surface area contributed by atoms with Crippen LogP contribution in [-0.2, 0) is 31.1 Å². The van der Waals surface area contributed by atoms with Gasteiger partial charge in [0.15, 0.2) is 0 Å². The van der Waals surface area contributed by atoms with E-state index in [2.05, 4.69) is 218 Å². The zero-order chi connectivity index (χ0) is 38.3. The van der Waals surface area contributed by atoms with E-state index in [1.807, 2.05) is 0 Å². The SMILES string of the molecule is CC1(C)c2ccccc2-c2ccc(N(c3cc4ccc3CCc3ccc(c(N(c5ccccc5)c5ccccc5)c3)CC4)c3ccccc3-c3ccccc3)cc21. The van der Waals surface area contributed by atoms with E-state index in [1.54, 1.807) is 0 Å². The molecule has 0 fully saturated rings. The molecule has 5 aliphatic rings. The lowest BCUT2D eigenvalue weighted by Gasteiger charge is -2.32. The van der Waals surface area contributed by atoms with Crippen molar-refractivity contribution in [3.8, 4) is 22.3 Å². The minimum Gasteiger partial charge on any atom is -0.310 e. The third-order valence-corrected chi connectivity index (χ3v) is 12.2. The number of anilines is 6. The lowest BCUT2D eigenvalue weighted by Crippen LogP contribution is -2.18. The van der Waals surface area contributed by atoms with Gasteiger partial charge in [-0.1, -0.05) is 153 Å². The summed E-state index contributed by atoms with van der Waals surface area (Å²) >= 11 is 0. The zero-order valence-electron chi connectivity index (χ0n) is 32.7.